The van der Waals surface area contributed by atoms with Gasteiger partial charge in [0.25, 0.3) is 5.91 Å². The number of imidazole rings is 1. The van der Waals surface area contributed by atoms with Gasteiger partial charge in [0, 0.05) is 45.3 Å². The smallest absolute Gasteiger partial charge is 0.255 e. The maximum Gasteiger partial charge on any atom is 0.255 e. The first-order chi connectivity index (χ1) is 10.6. The Bertz CT molecular complexity index is 684. The summed E-state index contributed by atoms with van der Waals surface area (Å²) in [7, 11) is 3.99. The van der Waals surface area contributed by atoms with E-state index >= 15 is 0 Å². The summed E-state index contributed by atoms with van der Waals surface area (Å²) in [6.07, 6.45) is 6.47. The highest BCUT2D eigenvalue weighted by Crippen LogP contribution is 2.23. The van der Waals surface area contributed by atoms with E-state index in [-0.39, 0.29) is 17.7 Å². The molecule has 1 saturated heterocycles. The number of carbonyl (C=O) groups is 1. The molecule has 22 heavy (non-hydrogen) atoms. The molecule has 0 aromatic carbocycles. The van der Waals surface area contributed by atoms with Gasteiger partial charge in [-0.3, -0.25) is 14.7 Å². The number of carbonyl (C=O) groups excluding carboxylic acids is 1. The molecule has 1 unspecified atom stereocenters. The number of hydrogen-bond acceptors (Lipinski definition) is 5. The average molecular weight is 301 g/mol. The van der Waals surface area contributed by atoms with Gasteiger partial charge in [-0.05, 0) is 13.1 Å². The average Bonchev–Trinajstić information content (AvgIpc) is 2.93. The largest absolute Gasteiger partial charge is 0.506 e. The number of piperazine rings is 1. The lowest BCUT2D eigenvalue weighted by Crippen LogP contribution is -2.49. The van der Waals surface area contributed by atoms with E-state index in [1.807, 2.05) is 24.9 Å². The normalized spacial score (nSPS) is 19.4. The monoisotopic (exact) mass is 301 g/mol. The SMILES string of the molecule is CN1CCN(C(=O)c2cncc(O)c2)CC1c1nccn1C. The van der Waals surface area contributed by atoms with Gasteiger partial charge in [0.2, 0.25) is 0 Å². The lowest BCUT2D eigenvalue weighted by Gasteiger charge is -2.39. The highest BCUT2D eigenvalue weighted by Gasteiger charge is 2.31. The van der Waals surface area contributed by atoms with E-state index in [2.05, 4.69) is 14.9 Å². The quantitative estimate of drug-likeness (QED) is 0.881. The van der Waals surface area contributed by atoms with Gasteiger partial charge < -0.3 is 14.6 Å². The first-order valence-corrected chi connectivity index (χ1v) is 7.17. The third-order valence-corrected chi connectivity index (χ3v) is 4.06. The van der Waals surface area contributed by atoms with E-state index in [1.165, 1.54) is 18.5 Å². The summed E-state index contributed by atoms with van der Waals surface area (Å²) in [5, 5.41) is 9.49. The topological polar surface area (TPSA) is 74.5 Å². The predicted molar refractivity (Wildman–Crippen MR) is 80.4 cm³/mol. The maximum atomic E-state index is 12.6. The summed E-state index contributed by atoms with van der Waals surface area (Å²) < 4.78 is 1.98. The summed E-state index contributed by atoms with van der Waals surface area (Å²) in [5.41, 5.74) is 0.406. The fourth-order valence-electron chi connectivity index (χ4n) is 2.76. The Morgan fingerprint density at radius 1 is 1.32 bits per heavy atom. The molecule has 0 saturated carbocycles. The Morgan fingerprint density at radius 3 is 2.82 bits per heavy atom. The minimum atomic E-state index is -0.115. The summed E-state index contributed by atoms with van der Waals surface area (Å²) in [6.45, 7) is 1.98. The molecule has 0 spiro atoms. The minimum absolute atomic E-state index is 0.000582. The van der Waals surface area contributed by atoms with Gasteiger partial charge in [0.05, 0.1) is 17.8 Å². The molecular weight excluding hydrogens is 282 g/mol. The van der Waals surface area contributed by atoms with Crippen LogP contribution in [0.5, 0.6) is 5.75 Å². The summed E-state index contributed by atoms with van der Waals surface area (Å²) in [6, 6.07) is 1.51. The van der Waals surface area contributed by atoms with E-state index < -0.39 is 0 Å². The molecule has 1 aliphatic heterocycles. The standard InChI is InChI=1S/C15H19N5O2/c1-18-5-6-20(10-13(18)14-17-3-4-19(14)2)15(22)11-7-12(21)9-16-8-11/h3-4,7-9,13,21H,5-6,10H2,1-2H3. The third-order valence-electron chi connectivity index (χ3n) is 4.06. The highest BCUT2D eigenvalue weighted by molar-refractivity contribution is 5.94. The molecule has 1 fully saturated rings. The number of aryl methyl sites for hydroxylation is 1. The second-order valence-corrected chi connectivity index (χ2v) is 5.58. The van der Waals surface area contributed by atoms with Crippen LogP contribution in [-0.4, -0.2) is 62.0 Å². The van der Waals surface area contributed by atoms with Crippen LogP contribution in [0.3, 0.4) is 0 Å². The predicted octanol–water partition coefficient (Wildman–Crippen LogP) is 0.650. The van der Waals surface area contributed by atoms with Crippen LogP contribution in [-0.2, 0) is 7.05 Å². The van der Waals surface area contributed by atoms with Gasteiger partial charge in [-0.1, -0.05) is 0 Å². The van der Waals surface area contributed by atoms with Crippen molar-refractivity contribution in [1.82, 2.24) is 24.3 Å². The molecule has 1 aliphatic rings. The second-order valence-electron chi connectivity index (χ2n) is 5.58. The van der Waals surface area contributed by atoms with Crippen molar-refractivity contribution in [2.24, 2.45) is 7.05 Å². The molecule has 3 heterocycles. The number of amides is 1. The lowest BCUT2D eigenvalue weighted by atomic mass is 10.1. The van der Waals surface area contributed by atoms with Crippen LogP contribution < -0.4 is 0 Å². The zero-order valence-corrected chi connectivity index (χ0v) is 12.7. The minimum Gasteiger partial charge on any atom is -0.506 e. The summed E-state index contributed by atoms with van der Waals surface area (Å²) >= 11 is 0. The Morgan fingerprint density at radius 2 is 2.14 bits per heavy atom. The van der Waals surface area contributed by atoms with Crippen molar-refractivity contribution in [3.63, 3.8) is 0 Å². The van der Waals surface area contributed by atoms with Crippen LogP contribution in [0, 0.1) is 0 Å². The van der Waals surface area contributed by atoms with Crippen molar-refractivity contribution in [2.45, 2.75) is 6.04 Å². The molecule has 7 nitrogen and oxygen atoms in total. The molecule has 2 aromatic heterocycles. The van der Waals surface area contributed by atoms with Gasteiger partial charge in [0.1, 0.15) is 11.6 Å². The van der Waals surface area contributed by atoms with Gasteiger partial charge >= 0.3 is 0 Å². The molecule has 1 atom stereocenters. The number of aromatic nitrogens is 3. The number of rotatable bonds is 2. The molecule has 0 bridgehead atoms. The fraction of sp³-hybridized carbons (Fsp3) is 0.400. The first-order valence-electron chi connectivity index (χ1n) is 7.17. The Kier molecular flexibility index (Phi) is 3.81. The molecular formula is C15H19N5O2. The van der Waals surface area contributed by atoms with Gasteiger partial charge in [-0.25, -0.2) is 4.98 Å². The van der Waals surface area contributed by atoms with E-state index in [9.17, 15) is 9.90 Å². The Labute approximate surface area is 128 Å². The van der Waals surface area contributed by atoms with Crippen LogP contribution >= 0.6 is 0 Å². The number of nitrogens with zero attached hydrogens (tertiary/aromatic N) is 5. The van der Waals surface area contributed by atoms with Gasteiger partial charge in [-0.15, -0.1) is 0 Å². The van der Waals surface area contributed by atoms with Crippen LogP contribution in [0.4, 0.5) is 0 Å². The molecule has 7 heteroatoms. The summed E-state index contributed by atoms with van der Waals surface area (Å²) in [4.78, 5) is 24.9. The first kappa shape index (κ1) is 14.5. The van der Waals surface area contributed by atoms with E-state index in [4.69, 9.17) is 0 Å². The summed E-state index contributed by atoms with van der Waals surface area (Å²) in [5.74, 6) is 0.824. The molecule has 2 aromatic rings. The van der Waals surface area contributed by atoms with Crippen molar-refractivity contribution < 1.29 is 9.90 Å². The maximum absolute atomic E-state index is 12.6. The molecule has 116 valence electrons. The second kappa shape index (κ2) is 5.76. The molecule has 0 aliphatic carbocycles. The van der Waals surface area contributed by atoms with E-state index in [1.54, 1.807) is 11.1 Å². The fourth-order valence-corrected chi connectivity index (χ4v) is 2.76. The molecule has 3 rings (SSSR count). The van der Waals surface area contributed by atoms with Crippen molar-refractivity contribution in [1.29, 1.82) is 0 Å². The van der Waals surface area contributed by atoms with Crippen LogP contribution in [0.1, 0.15) is 22.2 Å². The van der Waals surface area contributed by atoms with Crippen LogP contribution in [0.15, 0.2) is 30.9 Å². The number of hydrogen-bond donors (Lipinski definition) is 1. The Hall–Kier alpha value is -2.41. The molecule has 1 N–H and O–H groups in total. The van der Waals surface area contributed by atoms with Crippen LogP contribution in [0.2, 0.25) is 0 Å². The number of aromatic hydroxyl groups is 1. The number of likely N-dealkylation sites (N-methyl/N-ethyl adjacent to an activating group) is 1. The molecule has 0 radical (unpaired) electrons. The highest BCUT2D eigenvalue weighted by atomic mass is 16.3. The van der Waals surface area contributed by atoms with Crippen molar-refractivity contribution in [3.05, 3.63) is 42.2 Å². The third kappa shape index (κ3) is 2.67. The van der Waals surface area contributed by atoms with Gasteiger partial charge in [-0.2, -0.15) is 0 Å². The van der Waals surface area contributed by atoms with Crippen molar-refractivity contribution in [2.75, 3.05) is 26.7 Å². The van der Waals surface area contributed by atoms with E-state index in [0.29, 0.717) is 18.7 Å². The van der Waals surface area contributed by atoms with E-state index in [0.717, 1.165) is 12.4 Å². The van der Waals surface area contributed by atoms with Gasteiger partial charge in [0.15, 0.2) is 0 Å². The Balaban J connectivity index is 1.81. The lowest BCUT2D eigenvalue weighted by molar-refractivity contribution is 0.0528. The zero-order valence-electron chi connectivity index (χ0n) is 12.7. The number of pyridine rings is 1. The van der Waals surface area contributed by atoms with Crippen molar-refractivity contribution in [3.8, 4) is 5.75 Å². The molecule has 1 amide bonds. The van der Waals surface area contributed by atoms with Crippen LogP contribution in [0.25, 0.3) is 0 Å². The van der Waals surface area contributed by atoms with Crippen molar-refractivity contribution >= 4 is 5.91 Å². The zero-order chi connectivity index (χ0) is 15.7.